The standard InChI is InChI=1S/C19H18P.HI/c1-20(17-11-5-2-6-12-17,18-13-7-3-8-14-18)19-15-9-4-10-16-19;/h2-16H,1H3;1H/q+1;/p-1/i1D3;. The van der Waals surface area contributed by atoms with Gasteiger partial charge in [0.05, 0.1) is 10.7 Å². The summed E-state index contributed by atoms with van der Waals surface area (Å²) in [6, 6.07) is 29.0. The van der Waals surface area contributed by atoms with Crippen molar-refractivity contribution >= 4 is 23.2 Å². The van der Waals surface area contributed by atoms with Crippen molar-refractivity contribution in [2.45, 2.75) is 0 Å². The quantitative estimate of drug-likeness (QED) is 0.441. The van der Waals surface area contributed by atoms with E-state index in [1.54, 1.807) is 0 Å². The molecule has 0 atom stereocenters. The fourth-order valence-electron chi connectivity index (χ4n) is 2.40. The molecule has 0 spiro atoms. The molecule has 0 amide bonds. The van der Waals surface area contributed by atoms with Crippen LogP contribution in [0.5, 0.6) is 0 Å². The Balaban J connectivity index is 0.00000208. The second-order valence-corrected chi connectivity index (χ2v) is 7.57. The van der Waals surface area contributed by atoms with Gasteiger partial charge in [0.25, 0.3) is 0 Å². The first-order valence-electron chi connectivity index (χ1n) is 8.13. The molecule has 0 fully saturated rings. The molecule has 0 radical (unpaired) electrons. The van der Waals surface area contributed by atoms with Gasteiger partial charge in [0.1, 0.15) is 23.2 Å². The Hall–Kier alpha value is -1.18. The fraction of sp³-hybridized carbons (Fsp3) is 0.0526. The average Bonchev–Trinajstić information content (AvgIpc) is 2.57. The lowest BCUT2D eigenvalue weighted by molar-refractivity contribution is -0.00000390. The van der Waals surface area contributed by atoms with Crippen molar-refractivity contribution in [1.82, 2.24) is 0 Å². The Morgan fingerprint density at radius 3 is 1.10 bits per heavy atom. The van der Waals surface area contributed by atoms with Crippen molar-refractivity contribution in [2.24, 2.45) is 0 Å². The molecule has 3 aromatic rings. The third-order valence-electron chi connectivity index (χ3n) is 3.43. The zero-order chi connectivity index (χ0) is 16.3. The van der Waals surface area contributed by atoms with Crippen molar-refractivity contribution in [3.8, 4) is 0 Å². The smallest absolute Gasteiger partial charge is 0.109 e. The molecule has 21 heavy (non-hydrogen) atoms. The van der Waals surface area contributed by atoms with Crippen molar-refractivity contribution in [2.75, 3.05) is 6.59 Å². The fourth-order valence-corrected chi connectivity index (χ4v) is 5.15. The van der Waals surface area contributed by atoms with Crippen LogP contribution < -0.4 is 39.9 Å². The van der Waals surface area contributed by atoms with Gasteiger partial charge in [-0.25, -0.2) is 0 Å². The van der Waals surface area contributed by atoms with E-state index >= 15 is 0 Å². The number of rotatable bonds is 3. The van der Waals surface area contributed by atoms with E-state index in [2.05, 4.69) is 0 Å². The summed E-state index contributed by atoms with van der Waals surface area (Å²) >= 11 is 0. The van der Waals surface area contributed by atoms with Gasteiger partial charge in [-0.1, -0.05) is 54.6 Å². The molecular weight excluding hydrogens is 386 g/mol. The van der Waals surface area contributed by atoms with Gasteiger partial charge in [0.15, 0.2) is 0 Å². The number of benzene rings is 3. The van der Waals surface area contributed by atoms with Crippen LogP contribution in [-0.4, -0.2) is 6.59 Å². The molecule has 0 saturated heterocycles. The van der Waals surface area contributed by atoms with Gasteiger partial charge in [0.2, 0.25) is 0 Å². The molecule has 0 unspecified atom stereocenters. The number of hydrogen-bond acceptors (Lipinski definition) is 0. The van der Waals surface area contributed by atoms with Gasteiger partial charge < -0.3 is 24.0 Å². The summed E-state index contributed by atoms with van der Waals surface area (Å²) in [5, 5.41) is 2.66. The van der Waals surface area contributed by atoms with E-state index in [-0.39, 0.29) is 24.0 Å². The average molecular weight is 407 g/mol. The van der Waals surface area contributed by atoms with Crippen LogP contribution in [0.2, 0.25) is 0 Å². The maximum Gasteiger partial charge on any atom is 0.109 e. The molecule has 0 saturated carbocycles. The van der Waals surface area contributed by atoms with Crippen LogP contribution in [0, 0.1) is 0 Å². The van der Waals surface area contributed by atoms with E-state index in [0.717, 1.165) is 15.9 Å². The first-order valence-corrected chi connectivity index (χ1v) is 8.42. The lowest BCUT2D eigenvalue weighted by Gasteiger charge is -2.22. The summed E-state index contributed by atoms with van der Waals surface area (Å²) in [6.07, 6.45) is 0. The van der Waals surface area contributed by atoms with Gasteiger partial charge in [-0.15, -0.1) is 0 Å². The predicted molar refractivity (Wildman–Crippen MR) is 91.1 cm³/mol. The van der Waals surface area contributed by atoms with Crippen molar-refractivity contribution in [3.05, 3.63) is 91.0 Å². The van der Waals surface area contributed by atoms with Crippen molar-refractivity contribution in [3.63, 3.8) is 0 Å². The minimum absolute atomic E-state index is 0. The summed E-state index contributed by atoms with van der Waals surface area (Å²) in [4.78, 5) is 0. The summed E-state index contributed by atoms with van der Waals surface area (Å²) in [5.41, 5.74) is 0. The van der Waals surface area contributed by atoms with Crippen LogP contribution in [0.15, 0.2) is 91.0 Å². The summed E-state index contributed by atoms with van der Waals surface area (Å²) in [7, 11) is -2.74. The monoisotopic (exact) mass is 407 g/mol. The van der Waals surface area contributed by atoms with Crippen LogP contribution >= 0.6 is 7.26 Å². The molecule has 0 N–H and O–H groups in total. The first kappa shape index (κ1) is 12.4. The SMILES string of the molecule is [2H]C([2H])([2H])[P+](c1ccccc1)(c1ccccc1)c1ccccc1.[I-]. The molecular formula is C19H18IP. The van der Waals surface area contributed by atoms with Crippen molar-refractivity contribution < 1.29 is 28.1 Å². The predicted octanol–water partition coefficient (Wildman–Crippen LogP) is 0.614. The highest BCUT2D eigenvalue weighted by Crippen LogP contribution is 2.51. The van der Waals surface area contributed by atoms with Crippen LogP contribution in [0.1, 0.15) is 4.11 Å². The van der Waals surface area contributed by atoms with Gasteiger partial charge in [0, 0.05) is 0 Å². The van der Waals surface area contributed by atoms with E-state index in [0.29, 0.717) is 0 Å². The van der Waals surface area contributed by atoms with Gasteiger partial charge in [-0.2, -0.15) is 0 Å². The highest BCUT2D eigenvalue weighted by molar-refractivity contribution is 7.95. The van der Waals surface area contributed by atoms with E-state index < -0.39 is 13.9 Å². The van der Waals surface area contributed by atoms with E-state index in [9.17, 15) is 0 Å². The van der Waals surface area contributed by atoms with Gasteiger partial charge in [-0.05, 0) is 36.4 Å². The second-order valence-electron chi connectivity index (χ2n) is 4.68. The van der Waals surface area contributed by atoms with Crippen molar-refractivity contribution in [1.29, 1.82) is 0 Å². The normalized spacial score (nSPS) is 13.4. The number of halogens is 1. The summed E-state index contributed by atoms with van der Waals surface area (Å²) in [5.74, 6) is 0. The lowest BCUT2D eigenvalue weighted by Crippen LogP contribution is -3.00. The highest BCUT2D eigenvalue weighted by Gasteiger charge is 2.39. The Kier molecular flexibility index (Phi) is 4.24. The third kappa shape index (κ3) is 3.20. The zero-order valence-electron chi connectivity index (χ0n) is 14.5. The van der Waals surface area contributed by atoms with E-state index in [1.165, 1.54) is 0 Å². The zero-order valence-corrected chi connectivity index (χ0v) is 14.5. The van der Waals surface area contributed by atoms with Gasteiger partial charge in [-0.3, -0.25) is 0 Å². The first-order chi connectivity index (χ1) is 11.1. The lowest BCUT2D eigenvalue weighted by atomic mass is 10.4. The minimum atomic E-state index is -2.74. The molecule has 0 aromatic heterocycles. The summed E-state index contributed by atoms with van der Waals surface area (Å²) < 4.78 is 25.3. The topological polar surface area (TPSA) is 0 Å². The maximum atomic E-state index is 8.43. The van der Waals surface area contributed by atoms with Crippen LogP contribution in [-0.2, 0) is 0 Å². The minimum Gasteiger partial charge on any atom is -1.00 e. The Bertz CT molecular complexity index is 662. The molecule has 0 heterocycles. The molecule has 0 aliphatic rings. The third-order valence-corrected chi connectivity index (χ3v) is 6.65. The van der Waals surface area contributed by atoms with Crippen LogP contribution in [0.4, 0.5) is 0 Å². The molecule has 2 heteroatoms. The molecule has 0 aliphatic carbocycles. The molecule has 0 bridgehead atoms. The largest absolute Gasteiger partial charge is 1.00 e. The summed E-state index contributed by atoms with van der Waals surface area (Å²) in [6.45, 7) is -2.11. The number of hydrogen-bond donors (Lipinski definition) is 0. The van der Waals surface area contributed by atoms with Gasteiger partial charge >= 0.3 is 0 Å². The van der Waals surface area contributed by atoms with Crippen LogP contribution in [0.25, 0.3) is 0 Å². The Morgan fingerprint density at radius 1 is 0.571 bits per heavy atom. The van der Waals surface area contributed by atoms with E-state index in [4.69, 9.17) is 4.11 Å². The Morgan fingerprint density at radius 2 is 0.857 bits per heavy atom. The molecule has 3 aromatic carbocycles. The second kappa shape index (κ2) is 7.20. The Labute approximate surface area is 148 Å². The van der Waals surface area contributed by atoms with Crippen LogP contribution in [0.3, 0.4) is 0 Å². The molecule has 106 valence electrons. The molecule has 0 aliphatic heterocycles. The molecule has 3 rings (SSSR count). The molecule has 0 nitrogen and oxygen atoms in total. The van der Waals surface area contributed by atoms with E-state index in [1.807, 2.05) is 91.0 Å². The highest BCUT2D eigenvalue weighted by atomic mass is 127. The maximum absolute atomic E-state index is 8.43.